The van der Waals surface area contributed by atoms with E-state index in [0.717, 1.165) is 5.56 Å². The Morgan fingerprint density at radius 2 is 1.84 bits per heavy atom. The molecule has 0 radical (unpaired) electrons. The number of halogens is 1. The zero-order valence-corrected chi connectivity index (χ0v) is 10.9. The second-order valence-electron chi connectivity index (χ2n) is 3.98. The minimum Gasteiger partial charge on any atom is -0.311 e. The van der Waals surface area contributed by atoms with Crippen molar-refractivity contribution in [2.75, 3.05) is 0 Å². The van der Waals surface area contributed by atoms with Crippen molar-refractivity contribution in [3.63, 3.8) is 0 Å². The number of rotatable bonds is 2. The van der Waals surface area contributed by atoms with Gasteiger partial charge in [0.2, 0.25) is 0 Å². The third-order valence-corrected chi connectivity index (χ3v) is 3.07. The van der Waals surface area contributed by atoms with Crippen molar-refractivity contribution in [1.29, 1.82) is 0 Å². The van der Waals surface area contributed by atoms with E-state index in [-0.39, 0.29) is 5.56 Å². The molecule has 0 fully saturated rings. The van der Waals surface area contributed by atoms with Gasteiger partial charge in [0, 0.05) is 12.1 Å². The summed E-state index contributed by atoms with van der Waals surface area (Å²) in [7, 11) is 1.60. The summed E-state index contributed by atoms with van der Waals surface area (Å²) >= 11 is 5.82. The van der Waals surface area contributed by atoms with Crippen LogP contribution < -0.4 is 16.8 Å². The van der Waals surface area contributed by atoms with Crippen LogP contribution in [0.1, 0.15) is 10.4 Å². The van der Waals surface area contributed by atoms with E-state index in [9.17, 15) is 9.59 Å². The second kappa shape index (κ2) is 5.26. The Labute approximate surface area is 114 Å². The van der Waals surface area contributed by atoms with E-state index in [1.54, 1.807) is 37.4 Å². The predicted octanol–water partition coefficient (Wildman–Crippen LogP) is 1.31. The van der Waals surface area contributed by atoms with Gasteiger partial charge >= 0.3 is 0 Å². The highest BCUT2D eigenvalue weighted by Crippen LogP contribution is 2.20. The fourth-order valence-corrected chi connectivity index (χ4v) is 1.92. The lowest BCUT2D eigenvalue weighted by Crippen LogP contribution is -2.36. The largest absolute Gasteiger partial charge is 0.311 e. The van der Waals surface area contributed by atoms with Gasteiger partial charge < -0.3 is 4.57 Å². The van der Waals surface area contributed by atoms with Crippen molar-refractivity contribution in [2.24, 2.45) is 12.9 Å². The number of hydrazine groups is 1. The molecule has 2 rings (SSSR count). The summed E-state index contributed by atoms with van der Waals surface area (Å²) in [4.78, 5) is 23.5. The maximum absolute atomic E-state index is 12.1. The van der Waals surface area contributed by atoms with Gasteiger partial charge in [0.15, 0.2) is 0 Å². The molecule has 0 saturated carbocycles. The molecule has 0 aliphatic rings. The van der Waals surface area contributed by atoms with Crippen LogP contribution >= 0.6 is 11.6 Å². The molecule has 0 atom stereocenters. The topological polar surface area (TPSA) is 77.1 Å². The van der Waals surface area contributed by atoms with Crippen molar-refractivity contribution in [3.05, 3.63) is 57.3 Å². The molecule has 1 aromatic carbocycles. The van der Waals surface area contributed by atoms with Gasteiger partial charge in [0.25, 0.3) is 11.5 Å². The molecule has 19 heavy (non-hydrogen) atoms. The molecule has 0 saturated heterocycles. The molecule has 0 aliphatic carbocycles. The van der Waals surface area contributed by atoms with E-state index >= 15 is 0 Å². The first-order valence-electron chi connectivity index (χ1n) is 5.51. The predicted molar refractivity (Wildman–Crippen MR) is 73.8 cm³/mol. The monoisotopic (exact) mass is 277 g/mol. The van der Waals surface area contributed by atoms with E-state index in [1.165, 1.54) is 10.6 Å². The number of nitrogens with one attached hydrogen (secondary N) is 1. The average molecular weight is 278 g/mol. The molecule has 5 nitrogen and oxygen atoms in total. The molecule has 0 bridgehead atoms. The van der Waals surface area contributed by atoms with Gasteiger partial charge in [-0.05, 0) is 29.8 Å². The molecule has 3 N–H and O–H groups in total. The van der Waals surface area contributed by atoms with Crippen LogP contribution in [0.4, 0.5) is 0 Å². The van der Waals surface area contributed by atoms with Gasteiger partial charge in [0.1, 0.15) is 5.56 Å². The molecule has 98 valence electrons. The summed E-state index contributed by atoms with van der Waals surface area (Å²) in [5.74, 6) is 4.42. The summed E-state index contributed by atoms with van der Waals surface area (Å²) in [6.45, 7) is 0. The van der Waals surface area contributed by atoms with Crippen molar-refractivity contribution in [2.45, 2.75) is 0 Å². The summed E-state index contributed by atoms with van der Waals surface area (Å²) in [5, 5.41) is 0.618. The lowest BCUT2D eigenvalue weighted by atomic mass is 10.1. The van der Waals surface area contributed by atoms with Crippen molar-refractivity contribution in [1.82, 2.24) is 9.99 Å². The van der Waals surface area contributed by atoms with Gasteiger partial charge in [-0.3, -0.25) is 15.0 Å². The third kappa shape index (κ3) is 2.52. The minimum absolute atomic E-state index is 0.00251. The Morgan fingerprint density at radius 1 is 1.21 bits per heavy atom. The number of nitrogens with two attached hydrogens (primary N) is 1. The highest BCUT2D eigenvalue weighted by Gasteiger charge is 2.12. The van der Waals surface area contributed by atoms with E-state index in [2.05, 4.69) is 0 Å². The van der Waals surface area contributed by atoms with Crippen molar-refractivity contribution >= 4 is 17.5 Å². The molecular formula is C13H12ClN3O2. The average Bonchev–Trinajstić information content (AvgIpc) is 2.42. The van der Waals surface area contributed by atoms with Gasteiger partial charge in [-0.1, -0.05) is 23.7 Å². The van der Waals surface area contributed by atoms with Crippen LogP contribution in [-0.4, -0.2) is 10.5 Å². The number of hydrogen-bond donors (Lipinski definition) is 2. The second-order valence-corrected chi connectivity index (χ2v) is 4.41. The minimum atomic E-state index is -0.608. The number of amides is 1. The summed E-state index contributed by atoms with van der Waals surface area (Å²) in [6, 6.07) is 10.2. The number of carbonyl (C=O) groups excluding carboxylic acids is 1. The molecule has 0 unspecified atom stereocenters. The quantitative estimate of drug-likeness (QED) is 0.494. The van der Waals surface area contributed by atoms with Crippen LogP contribution in [0.2, 0.25) is 5.02 Å². The maximum Gasteiger partial charge on any atom is 0.270 e. The Balaban J connectivity index is 2.56. The molecule has 1 amide bonds. The number of carbonyl (C=O) groups is 1. The Morgan fingerprint density at radius 3 is 2.42 bits per heavy atom. The van der Waals surface area contributed by atoms with Crippen molar-refractivity contribution in [3.8, 4) is 11.3 Å². The van der Waals surface area contributed by atoms with Gasteiger partial charge in [-0.2, -0.15) is 0 Å². The highest BCUT2D eigenvalue weighted by molar-refractivity contribution is 6.30. The Bertz CT molecular complexity index is 677. The van der Waals surface area contributed by atoms with E-state index < -0.39 is 11.5 Å². The van der Waals surface area contributed by atoms with E-state index in [1.807, 2.05) is 5.43 Å². The van der Waals surface area contributed by atoms with Crippen LogP contribution in [0.5, 0.6) is 0 Å². The Kier molecular flexibility index (Phi) is 3.69. The fraction of sp³-hybridized carbons (Fsp3) is 0.0769. The van der Waals surface area contributed by atoms with Crippen LogP contribution in [0.15, 0.2) is 41.2 Å². The zero-order valence-electron chi connectivity index (χ0n) is 10.2. The first-order chi connectivity index (χ1) is 9.04. The number of aromatic nitrogens is 1. The summed E-state index contributed by atoms with van der Waals surface area (Å²) in [5.41, 5.74) is 3.07. The summed E-state index contributed by atoms with van der Waals surface area (Å²) in [6.07, 6.45) is 0. The zero-order chi connectivity index (χ0) is 14.0. The molecule has 1 aromatic heterocycles. The third-order valence-electron chi connectivity index (χ3n) is 2.82. The van der Waals surface area contributed by atoms with Gasteiger partial charge in [0.05, 0.1) is 5.69 Å². The van der Waals surface area contributed by atoms with Crippen LogP contribution in [-0.2, 0) is 7.05 Å². The molecule has 0 spiro atoms. The highest BCUT2D eigenvalue weighted by atomic mass is 35.5. The number of nitrogen functional groups attached to an aromatic ring is 1. The first-order valence-corrected chi connectivity index (χ1v) is 5.89. The lowest BCUT2D eigenvalue weighted by molar-refractivity contribution is 0.0951. The van der Waals surface area contributed by atoms with E-state index in [0.29, 0.717) is 10.7 Å². The normalized spacial score (nSPS) is 10.3. The Hall–Kier alpha value is -2.11. The van der Waals surface area contributed by atoms with Crippen molar-refractivity contribution < 1.29 is 4.79 Å². The number of hydrogen-bond acceptors (Lipinski definition) is 3. The van der Waals surface area contributed by atoms with Gasteiger partial charge in [-0.25, -0.2) is 5.84 Å². The first kappa shape index (κ1) is 13.3. The van der Waals surface area contributed by atoms with Gasteiger partial charge in [-0.15, -0.1) is 0 Å². The SMILES string of the molecule is Cn1c(-c2ccc(Cl)cc2)ccc(C(=O)NN)c1=O. The van der Waals surface area contributed by atoms with Crippen LogP contribution in [0.3, 0.4) is 0 Å². The standard InChI is InChI=1S/C13H12ClN3O2/c1-17-11(8-2-4-9(14)5-3-8)7-6-10(13(17)19)12(18)16-15/h2-7H,15H2,1H3,(H,16,18). The lowest BCUT2D eigenvalue weighted by Gasteiger charge is -2.10. The molecule has 1 heterocycles. The van der Waals surface area contributed by atoms with Crippen LogP contribution in [0.25, 0.3) is 11.3 Å². The van der Waals surface area contributed by atoms with Crippen LogP contribution in [0, 0.1) is 0 Å². The molecule has 0 aliphatic heterocycles. The number of nitrogens with zero attached hydrogens (tertiary/aromatic N) is 1. The molecule has 2 aromatic rings. The maximum atomic E-state index is 12.1. The number of pyridine rings is 1. The number of benzene rings is 1. The molecular weight excluding hydrogens is 266 g/mol. The smallest absolute Gasteiger partial charge is 0.270 e. The van der Waals surface area contributed by atoms with E-state index in [4.69, 9.17) is 17.4 Å². The molecule has 6 heteroatoms. The summed E-state index contributed by atoms with van der Waals surface area (Å²) < 4.78 is 1.40. The fourth-order valence-electron chi connectivity index (χ4n) is 1.80.